The summed E-state index contributed by atoms with van der Waals surface area (Å²) in [5.41, 5.74) is 0.503. The Morgan fingerprint density at radius 1 is 1.12 bits per heavy atom. The number of aliphatic hydroxyl groups excluding tert-OH is 1. The molecule has 0 radical (unpaired) electrons. The van der Waals surface area contributed by atoms with Crippen LogP contribution in [0.5, 0.6) is 0 Å². The molecule has 0 aliphatic heterocycles. The minimum absolute atomic E-state index is 0.308. The van der Waals surface area contributed by atoms with Crippen LogP contribution in [0.1, 0.15) is 39.2 Å². The molecule has 3 heteroatoms. The average Bonchev–Trinajstić information content (AvgIpc) is 2.19. The van der Waals surface area contributed by atoms with Crippen molar-refractivity contribution in [2.24, 2.45) is 0 Å². The van der Waals surface area contributed by atoms with Gasteiger partial charge in [-0.25, -0.2) is 8.78 Å². The first-order valence-electron chi connectivity index (χ1n) is 5.75. The molecule has 0 aliphatic carbocycles. The third-order valence-corrected chi connectivity index (χ3v) is 2.02. The van der Waals surface area contributed by atoms with E-state index in [1.807, 2.05) is 20.8 Å². The molecule has 1 aromatic carbocycles. The predicted octanol–water partition coefficient (Wildman–Crippen LogP) is 3.69. The van der Waals surface area contributed by atoms with Crippen molar-refractivity contribution in [1.82, 2.24) is 0 Å². The summed E-state index contributed by atoms with van der Waals surface area (Å²) < 4.78 is 25.5. The fourth-order valence-corrected chi connectivity index (χ4v) is 1.44. The van der Waals surface area contributed by atoms with Crippen LogP contribution in [0.3, 0.4) is 0 Å². The molecule has 0 bridgehead atoms. The van der Waals surface area contributed by atoms with Gasteiger partial charge in [-0.15, -0.1) is 0 Å². The van der Waals surface area contributed by atoms with Gasteiger partial charge in [0.2, 0.25) is 0 Å². The SMILES string of the molecule is CC.CCCC(O)Cc1cc(F)cc(F)c1. The standard InChI is InChI=1S/C11H14F2O.C2H6/c1-2-3-11(14)6-8-4-9(12)7-10(13)5-8;1-2/h4-5,7,11,14H,2-3,6H2,1H3;1-2H3. The molecule has 0 fully saturated rings. The molecule has 0 spiro atoms. The van der Waals surface area contributed by atoms with Crippen LogP contribution in [0.15, 0.2) is 18.2 Å². The molecule has 0 aromatic heterocycles. The van der Waals surface area contributed by atoms with Gasteiger partial charge in [-0.2, -0.15) is 0 Å². The summed E-state index contributed by atoms with van der Waals surface area (Å²) in [5.74, 6) is -1.19. The normalized spacial score (nSPS) is 11.6. The van der Waals surface area contributed by atoms with E-state index in [1.54, 1.807) is 0 Å². The van der Waals surface area contributed by atoms with Crippen molar-refractivity contribution < 1.29 is 13.9 Å². The van der Waals surface area contributed by atoms with Gasteiger partial charge in [-0.1, -0.05) is 27.2 Å². The van der Waals surface area contributed by atoms with Gasteiger partial charge < -0.3 is 5.11 Å². The quantitative estimate of drug-likeness (QED) is 0.836. The van der Waals surface area contributed by atoms with Crippen LogP contribution in [-0.2, 0) is 6.42 Å². The molecule has 1 aromatic rings. The molecule has 1 rings (SSSR count). The summed E-state index contributed by atoms with van der Waals surface area (Å²) in [6.45, 7) is 5.95. The fraction of sp³-hybridized carbons (Fsp3) is 0.538. The van der Waals surface area contributed by atoms with Crippen molar-refractivity contribution >= 4 is 0 Å². The molecule has 0 saturated carbocycles. The van der Waals surface area contributed by atoms with E-state index in [4.69, 9.17) is 0 Å². The zero-order valence-electron chi connectivity index (χ0n) is 10.1. The van der Waals surface area contributed by atoms with Crippen LogP contribution in [-0.4, -0.2) is 11.2 Å². The lowest BCUT2D eigenvalue weighted by Crippen LogP contribution is -2.10. The maximum atomic E-state index is 12.7. The van der Waals surface area contributed by atoms with Crippen molar-refractivity contribution in [3.05, 3.63) is 35.4 Å². The molecule has 1 unspecified atom stereocenters. The van der Waals surface area contributed by atoms with Gasteiger partial charge in [0.15, 0.2) is 0 Å². The van der Waals surface area contributed by atoms with Crippen molar-refractivity contribution in [2.45, 2.75) is 46.1 Å². The first kappa shape index (κ1) is 15.0. The molecule has 1 atom stereocenters. The highest BCUT2D eigenvalue weighted by Gasteiger charge is 2.06. The summed E-state index contributed by atoms with van der Waals surface area (Å²) in [4.78, 5) is 0. The monoisotopic (exact) mass is 230 g/mol. The first-order valence-corrected chi connectivity index (χ1v) is 5.75. The first-order chi connectivity index (χ1) is 7.61. The van der Waals surface area contributed by atoms with Gasteiger partial charge in [0.1, 0.15) is 11.6 Å². The number of rotatable bonds is 4. The van der Waals surface area contributed by atoms with E-state index in [-0.39, 0.29) is 0 Å². The highest BCUT2D eigenvalue weighted by atomic mass is 19.1. The Morgan fingerprint density at radius 2 is 1.62 bits per heavy atom. The maximum Gasteiger partial charge on any atom is 0.126 e. The second-order valence-corrected chi connectivity index (χ2v) is 3.42. The summed E-state index contributed by atoms with van der Waals surface area (Å²) in [7, 11) is 0. The Hall–Kier alpha value is -0.960. The molecule has 1 nitrogen and oxygen atoms in total. The lowest BCUT2D eigenvalue weighted by atomic mass is 10.0. The Labute approximate surface area is 96.1 Å². The average molecular weight is 230 g/mol. The molecule has 1 N–H and O–H groups in total. The maximum absolute atomic E-state index is 12.7. The Bertz CT molecular complexity index is 280. The lowest BCUT2D eigenvalue weighted by Gasteiger charge is -2.08. The number of hydrogen-bond donors (Lipinski definition) is 1. The van der Waals surface area contributed by atoms with Crippen LogP contribution >= 0.6 is 0 Å². The van der Waals surface area contributed by atoms with Crippen molar-refractivity contribution in [3.63, 3.8) is 0 Å². The second-order valence-electron chi connectivity index (χ2n) is 3.42. The molecule has 0 amide bonds. The topological polar surface area (TPSA) is 20.2 Å². The summed E-state index contributed by atoms with van der Waals surface area (Å²) >= 11 is 0. The molecule has 92 valence electrons. The van der Waals surface area contributed by atoms with Gasteiger partial charge >= 0.3 is 0 Å². The summed E-state index contributed by atoms with van der Waals surface area (Å²) in [5, 5.41) is 9.44. The number of halogens is 2. The van der Waals surface area contributed by atoms with E-state index in [9.17, 15) is 13.9 Å². The minimum atomic E-state index is -0.594. The molecule has 0 heterocycles. The van der Waals surface area contributed by atoms with Gasteiger partial charge in [0.25, 0.3) is 0 Å². The van der Waals surface area contributed by atoms with Gasteiger partial charge in [0, 0.05) is 6.07 Å². The van der Waals surface area contributed by atoms with Crippen molar-refractivity contribution in [2.75, 3.05) is 0 Å². The second kappa shape index (κ2) is 8.22. The summed E-state index contributed by atoms with van der Waals surface area (Å²) in [6.07, 6.45) is 1.31. The van der Waals surface area contributed by atoms with Crippen LogP contribution in [0.4, 0.5) is 8.78 Å². The third kappa shape index (κ3) is 5.81. The molecular formula is C13H20F2O. The Balaban J connectivity index is 0.00000106. The molecule has 0 saturated heterocycles. The van der Waals surface area contributed by atoms with E-state index in [0.717, 1.165) is 12.5 Å². The van der Waals surface area contributed by atoms with E-state index in [1.165, 1.54) is 12.1 Å². The van der Waals surface area contributed by atoms with E-state index in [0.29, 0.717) is 18.4 Å². The van der Waals surface area contributed by atoms with Crippen LogP contribution in [0, 0.1) is 11.6 Å². The predicted molar refractivity (Wildman–Crippen MR) is 62.3 cm³/mol. The molecule has 0 aliphatic rings. The van der Waals surface area contributed by atoms with E-state index < -0.39 is 17.7 Å². The fourth-order valence-electron chi connectivity index (χ4n) is 1.44. The Morgan fingerprint density at radius 3 is 2.06 bits per heavy atom. The number of benzene rings is 1. The van der Waals surface area contributed by atoms with Crippen LogP contribution in [0.25, 0.3) is 0 Å². The highest BCUT2D eigenvalue weighted by Crippen LogP contribution is 2.11. The molecule has 16 heavy (non-hydrogen) atoms. The van der Waals surface area contributed by atoms with Gasteiger partial charge in [-0.05, 0) is 30.5 Å². The smallest absolute Gasteiger partial charge is 0.126 e. The zero-order valence-corrected chi connectivity index (χ0v) is 10.1. The number of aliphatic hydroxyl groups is 1. The van der Waals surface area contributed by atoms with Crippen molar-refractivity contribution in [3.8, 4) is 0 Å². The molecular weight excluding hydrogens is 210 g/mol. The van der Waals surface area contributed by atoms with Crippen LogP contribution < -0.4 is 0 Å². The summed E-state index contributed by atoms with van der Waals surface area (Å²) in [6, 6.07) is 3.33. The number of hydrogen-bond acceptors (Lipinski definition) is 1. The Kier molecular flexibility index (Phi) is 7.73. The van der Waals surface area contributed by atoms with E-state index in [2.05, 4.69) is 0 Å². The van der Waals surface area contributed by atoms with Gasteiger partial charge in [0.05, 0.1) is 6.10 Å². The van der Waals surface area contributed by atoms with Crippen molar-refractivity contribution in [1.29, 1.82) is 0 Å². The van der Waals surface area contributed by atoms with Gasteiger partial charge in [-0.3, -0.25) is 0 Å². The zero-order chi connectivity index (χ0) is 12.6. The minimum Gasteiger partial charge on any atom is -0.393 e. The third-order valence-electron chi connectivity index (χ3n) is 2.02. The largest absolute Gasteiger partial charge is 0.393 e. The lowest BCUT2D eigenvalue weighted by molar-refractivity contribution is 0.163. The van der Waals surface area contributed by atoms with Crippen LogP contribution in [0.2, 0.25) is 0 Å². The van der Waals surface area contributed by atoms with E-state index >= 15 is 0 Å². The highest BCUT2D eigenvalue weighted by molar-refractivity contribution is 5.18.